The normalized spacial score (nSPS) is 25.1. The van der Waals surface area contributed by atoms with Gasteiger partial charge in [-0.25, -0.2) is 0 Å². The standard InChI is InChI=1S/C16H20N4O/c1-11-2-4-12(5-3-11)15-18-16(21-19-15)20-9-8-13-6-7-14(10-20)17-13/h2-5,13-14,17H,6-10H2,1H3. The molecule has 0 spiro atoms. The summed E-state index contributed by atoms with van der Waals surface area (Å²) in [6.07, 6.45) is 3.70. The zero-order valence-corrected chi connectivity index (χ0v) is 12.2. The van der Waals surface area contributed by atoms with Gasteiger partial charge in [0, 0.05) is 30.7 Å². The molecule has 2 atom stereocenters. The van der Waals surface area contributed by atoms with E-state index in [4.69, 9.17) is 4.52 Å². The fourth-order valence-electron chi connectivity index (χ4n) is 3.28. The second-order valence-electron chi connectivity index (χ2n) is 6.14. The molecule has 0 aliphatic carbocycles. The molecule has 4 rings (SSSR count). The summed E-state index contributed by atoms with van der Waals surface area (Å²) < 4.78 is 5.49. The van der Waals surface area contributed by atoms with E-state index in [1.54, 1.807) is 0 Å². The van der Waals surface area contributed by atoms with Crippen molar-refractivity contribution in [2.24, 2.45) is 0 Å². The van der Waals surface area contributed by atoms with Crippen molar-refractivity contribution in [3.05, 3.63) is 29.8 Å². The minimum atomic E-state index is 0.562. The topological polar surface area (TPSA) is 54.2 Å². The van der Waals surface area contributed by atoms with Crippen molar-refractivity contribution >= 4 is 6.01 Å². The Balaban J connectivity index is 1.55. The van der Waals surface area contributed by atoms with Gasteiger partial charge in [-0.2, -0.15) is 4.98 Å². The lowest BCUT2D eigenvalue weighted by Crippen LogP contribution is -2.35. The first-order chi connectivity index (χ1) is 10.3. The number of aromatic nitrogens is 2. The van der Waals surface area contributed by atoms with E-state index < -0.39 is 0 Å². The zero-order chi connectivity index (χ0) is 14.2. The van der Waals surface area contributed by atoms with Crippen molar-refractivity contribution in [3.8, 4) is 11.4 Å². The molecule has 2 aliphatic heterocycles. The maximum atomic E-state index is 5.49. The quantitative estimate of drug-likeness (QED) is 0.917. The SMILES string of the molecule is Cc1ccc(-c2noc(N3CCC4CCC(C3)N4)n2)cc1. The van der Waals surface area contributed by atoms with Gasteiger partial charge in [0.15, 0.2) is 0 Å². The third-order valence-corrected chi connectivity index (χ3v) is 4.52. The highest BCUT2D eigenvalue weighted by atomic mass is 16.5. The third-order valence-electron chi connectivity index (χ3n) is 4.52. The number of anilines is 1. The average Bonchev–Trinajstić information content (AvgIpc) is 3.07. The second-order valence-corrected chi connectivity index (χ2v) is 6.14. The van der Waals surface area contributed by atoms with Crippen molar-refractivity contribution in [1.29, 1.82) is 0 Å². The lowest BCUT2D eigenvalue weighted by molar-refractivity contribution is 0.409. The largest absolute Gasteiger partial charge is 0.324 e. The van der Waals surface area contributed by atoms with Crippen LogP contribution in [0, 0.1) is 6.92 Å². The summed E-state index contributed by atoms with van der Waals surface area (Å²) in [6, 6.07) is 10.1. The van der Waals surface area contributed by atoms with Crippen LogP contribution in [0.15, 0.2) is 28.8 Å². The van der Waals surface area contributed by atoms with Gasteiger partial charge in [-0.05, 0) is 26.2 Å². The van der Waals surface area contributed by atoms with Gasteiger partial charge in [-0.15, -0.1) is 0 Å². The first-order valence-electron chi connectivity index (χ1n) is 7.70. The first-order valence-corrected chi connectivity index (χ1v) is 7.70. The maximum absolute atomic E-state index is 5.49. The Morgan fingerprint density at radius 2 is 1.95 bits per heavy atom. The van der Waals surface area contributed by atoms with E-state index in [2.05, 4.69) is 39.4 Å². The molecule has 2 unspecified atom stereocenters. The van der Waals surface area contributed by atoms with E-state index in [1.807, 2.05) is 12.1 Å². The van der Waals surface area contributed by atoms with E-state index in [-0.39, 0.29) is 0 Å². The van der Waals surface area contributed by atoms with Crippen molar-refractivity contribution in [2.45, 2.75) is 38.3 Å². The smallest absolute Gasteiger partial charge is 0.323 e. The van der Waals surface area contributed by atoms with Gasteiger partial charge in [0.2, 0.25) is 5.82 Å². The number of aryl methyl sites for hydroxylation is 1. The summed E-state index contributed by atoms with van der Waals surface area (Å²) in [7, 11) is 0. The van der Waals surface area contributed by atoms with E-state index in [9.17, 15) is 0 Å². The molecular weight excluding hydrogens is 264 g/mol. The molecule has 2 aromatic rings. The molecule has 1 aromatic heterocycles. The minimum absolute atomic E-state index is 0.562. The summed E-state index contributed by atoms with van der Waals surface area (Å²) in [5, 5.41) is 7.80. The average molecular weight is 284 g/mol. The number of nitrogens with one attached hydrogen (secondary N) is 1. The summed E-state index contributed by atoms with van der Waals surface area (Å²) in [5.41, 5.74) is 2.24. The number of nitrogens with zero attached hydrogens (tertiary/aromatic N) is 3. The molecule has 2 fully saturated rings. The van der Waals surface area contributed by atoms with Gasteiger partial charge in [-0.3, -0.25) is 0 Å². The molecule has 0 saturated carbocycles. The van der Waals surface area contributed by atoms with Crippen molar-refractivity contribution in [3.63, 3.8) is 0 Å². The fourth-order valence-corrected chi connectivity index (χ4v) is 3.28. The lowest BCUT2D eigenvalue weighted by Gasteiger charge is -2.21. The highest BCUT2D eigenvalue weighted by Gasteiger charge is 2.31. The third kappa shape index (κ3) is 2.53. The number of hydrogen-bond acceptors (Lipinski definition) is 5. The van der Waals surface area contributed by atoms with E-state index in [0.29, 0.717) is 23.9 Å². The van der Waals surface area contributed by atoms with Gasteiger partial charge in [-0.1, -0.05) is 35.0 Å². The highest BCUT2D eigenvalue weighted by Crippen LogP contribution is 2.25. The Morgan fingerprint density at radius 3 is 2.81 bits per heavy atom. The van der Waals surface area contributed by atoms with Gasteiger partial charge < -0.3 is 14.7 Å². The van der Waals surface area contributed by atoms with Crippen LogP contribution < -0.4 is 10.2 Å². The fraction of sp³-hybridized carbons (Fsp3) is 0.500. The number of hydrogen-bond donors (Lipinski definition) is 1. The van der Waals surface area contributed by atoms with Gasteiger partial charge in [0.05, 0.1) is 0 Å². The van der Waals surface area contributed by atoms with Crippen LogP contribution in [0.5, 0.6) is 0 Å². The van der Waals surface area contributed by atoms with Crippen molar-refractivity contribution < 1.29 is 4.52 Å². The summed E-state index contributed by atoms with van der Waals surface area (Å²) >= 11 is 0. The van der Waals surface area contributed by atoms with Gasteiger partial charge in [0.1, 0.15) is 0 Å². The molecule has 0 radical (unpaired) electrons. The van der Waals surface area contributed by atoms with Crippen LogP contribution in [0.4, 0.5) is 6.01 Å². The monoisotopic (exact) mass is 284 g/mol. The van der Waals surface area contributed by atoms with Crippen LogP contribution in [0.3, 0.4) is 0 Å². The van der Waals surface area contributed by atoms with Crippen LogP contribution >= 0.6 is 0 Å². The minimum Gasteiger partial charge on any atom is -0.323 e. The molecule has 0 amide bonds. The van der Waals surface area contributed by atoms with Crippen LogP contribution in [0.1, 0.15) is 24.8 Å². The molecule has 1 aromatic carbocycles. The Hall–Kier alpha value is -1.88. The Bertz CT molecular complexity index is 621. The Labute approximate surface area is 124 Å². The van der Waals surface area contributed by atoms with Crippen molar-refractivity contribution in [2.75, 3.05) is 18.0 Å². The van der Waals surface area contributed by atoms with Crippen LogP contribution in [0.2, 0.25) is 0 Å². The van der Waals surface area contributed by atoms with Gasteiger partial charge >= 0.3 is 6.01 Å². The molecule has 5 heteroatoms. The van der Waals surface area contributed by atoms with Gasteiger partial charge in [0.25, 0.3) is 0 Å². The molecular formula is C16H20N4O. The van der Waals surface area contributed by atoms with Crippen LogP contribution in [-0.4, -0.2) is 35.3 Å². The number of fused-ring (bicyclic) bond motifs is 2. The predicted molar refractivity (Wildman–Crippen MR) is 81.2 cm³/mol. The van der Waals surface area contributed by atoms with E-state index in [0.717, 1.165) is 25.1 Å². The number of rotatable bonds is 2. The molecule has 2 aliphatic rings. The van der Waals surface area contributed by atoms with Crippen molar-refractivity contribution in [1.82, 2.24) is 15.5 Å². The molecule has 2 bridgehead atoms. The summed E-state index contributed by atoms with van der Waals surface area (Å²) in [4.78, 5) is 6.80. The second kappa shape index (κ2) is 5.15. The zero-order valence-electron chi connectivity index (χ0n) is 12.2. The van der Waals surface area contributed by atoms with Crippen LogP contribution in [-0.2, 0) is 0 Å². The molecule has 3 heterocycles. The Kier molecular flexibility index (Phi) is 3.15. The maximum Gasteiger partial charge on any atom is 0.324 e. The molecule has 5 nitrogen and oxygen atoms in total. The summed E-state index contributed by atoms with van der Waals surface area (Å²) in [6.45, 7) is 4.03. The van der Waals surface area contributed by atoms with E-state index in [1.165, 1.54) is 18.4 Å². The lowest BCUT2D eigenvalue weighted by atomic mass is 10.1. The summed E-state index contributed by atoms with van der Waals surface area (Å²) in [5.74, 6) is 0.673. The number of benzene rings is 1. The highest BCUT2D eigenvalue weighted by molar-refractivity contribution is 5.56. The van der Waals surface area contributed by atoms with Crippen LogP contribution in [0.25, 0.3) is 11.4 Å². The molecule has 110 valence electrons. The first kappa shape index (κ1) is 12.8. The predicted octanol–water partition coefficient (Wildman–Crippen LogP) is 2.38. The molecule has 2 saturated heterocycles. The molecule has 1 N–H and O–H groups in total. The molecule has 21 heavy (non-hydrogen) atoms. The van der Waals surface area contributed by atoms with E-state index >= 15 is 0 Å². The Morgan fingerprint density at radius 1 is 1.14 bits per heavy atom.